The molecule has 3 rings (SSSR count). The van der Waals surface area contributed by atoms with Gasteiger partial charge < -0.3 is 10.1 Å². The first-order valence-corrected chi connectivity index (χ1v) is 11.2. The Kier molecular flexibility index (Phi) is 7.19. The van der Waals surface area contributed by atoms with Crippen molar-refractivity contribution >= 4 is 34.5 Å². The second-order valence-corrected chi connectivity index (χ2v) is 8.84. The number of esters is 1. The van der Waals surface area contributed by atoms with Gasteiger partial charge in [-0.1, -0.05) is 43.8 Å². The number of nitriles is 1. The molecule has 0 aliphatic heterocycles. The third-order valence-electron chi connectivity index (χ3n) is 5.39. The highest BCUT2D eigenvalue weighted by Crippen LogP contribution is 2.23. The summed E-state index contributed by atoms with van der Waals surface area (Å²) in [6, 6.07) is 15.7. The molecule has 2 aromatic carbocycles. The standard InChI is InChI=1S/C24H24N4O4S/c1-15(2)24(3,14-25)27-20(29)13-33-23-26-19-12-16(22(31)32-4)10-11-18(19)21(30)28(23)17-8-6-5-7-9-17/h5-12,15H,13H2,1-4H3,(H,27,29)/t24-/m1/s1. The first-order valence-electron chi connectivity index (χ1n) is 10.3. The van der Waals surface area contributed by atoms with Gasteiger partial charge in [0.25, 0.3) is 5.56 Å². The van der Waals surface area contributed by atoms with Gasteiger partial charge >= 0.3 is 5.97 Å². The molecule has 0 saturated carbocycles. The number of ether oxygens (including phenoxy) is 1. The highest BCUT2D eigenvalue weighted by Gasteiger charge is 2.30. The van der Waals surface area contributed by atoms with Crippen molar-refractivity contribution in [2.45, 2.75) is 31.5 Å². The lowest BCUT2D eigenvalue weighted by atomic mass is 9.90. The highest BCUT2D eigenvalue weighted by atomic mass is 32.2. The van der Waals surface area contributed by atoms with E-state index in [2.05, 4.69) is 16.4 Å². The summed E-state index contributed by atoms with van der Waals surface area (Å²) < 4.78 is 6.19. The summed E-state index contributed by atoms with van der Waals surface area (Å²) in [6.45, 7) is 5.38. The van der Waals surface area contributed by atoms with Crippen LogP contribution in [0.2, 0.25) is 0 Å². The van der Waals surface area contributed by atoms with Crippen molar-refractivity contribution in [3.8, 4) is 11.8 Å². The van der Waals surface area contributed by atoms with Crippen molar-refractivity contribution in [1.82, 2.24) is 14.9 Å². The number of carbonyl (C=O) groups excluding carboxylic acids is 2. The normalized spacial score (nSPS) is 12.7. The lowest BCUT2D eigenvalue weighted by molar-refractivity contribution is -0.120. The second-order valence-electron chi connectivity index (χ2n) is 7.90. The van der Waals surface area contributed by atoms with Crippen LogP contribution in [0.5, 0.6) is 0 Å². The number of amides is 1. The molecule has 0 radical (unpaired) electrons. The SMILES string of the molecule is COC(=O)c1ccc2c(=O)n(-c3ccccc3)c(SCC(=O)N[C@](C)(C#N)C(C)C)nc2c1. The molecule has 0 aliphatic rings. The molecular weight excluding hydrogens is 440 g/mol. The van der Waals surface area contributed by atoms with Crippen LogP contribution in [0.1, 0.15) is 31.1 Å². The van der Waals surface area contributed by atoms with Gasteiger partial charge in [0, 0.05) is 0 Å². The molecule has 0 unspecified atom stereocenters. The van der Waals surface area contributed by atoms with Crippen LogP contribution in [-0.2, 0) is 9.53 Å². The third-order valence-corrected chi connectivity index (χ3v) is 6.33. The molecule has 0 bridgehead atoms. The van der Waals surface area contributed by atoms with E-state index in [-0.39, 0.29) is 28.7 Å². The highest BCUT2D eigenvalue weighted by molar-refractivity contribution is 7.99. The number of benzene rings is 2. The Morgan fingerprint density at radius 1 is 1.24 bits per heavy atom. The second kappa shape index (κ2) is 9.88. The molecule has 0 spiro atoms. The zero-order chi connectivity index (χ0) is 24.2. The van der Waals surface area contributed by atoms with E-state index in [0.29, 0.717) is 21.7 Å². The fraction of sp³-hybridized carbons (Fsp3) is 0.292. The van der Waals surface area contributed by atoms with Crippen LogP contribution in [0.15, 0.2) is 58.5 Å². The summed E-state index contributed by atoms with van der Waals surface area (Å²) in [6.07, 6.45) is 0. The van der Waals surface area contributed by atoms with Gasteiger partial charge in [-0.3, -0.25) is 14.2 Å². The molecule has 1 amide bonds. The van der Waals surface area contributed by atoms with Crippen molar-refractivity contribution in [1.29, 1.82) is 5.26 Å². The Balaban J connectivity index is 2.04. The lowest BCUT2D eigenvalue weighted by Gasteiger charge is -2.27. The van der Waals surface area contributed by atoms with Gasteiger partial charge in [-0.2, -0.15) is 5.26 Å². The first-order chi connectivity index (χ1) is 15.7. The molecule has 1 heterocycles. The Bertz CT molecular complexity index is 1300. The van der Waals surface area contributed by atoms with E-state index in [9.17, 15) is 19.6 Å². The van der Waals surface area contributed by atoms with E-state index in [4.69, 9.17) is 4.74 Å². The molecule has 0 saturated heterocycles. The number of hydrogen-bond donors (Lipinski definition) is 1. The smallest absolute Gasteiger partial charge is 0.337 e. The van der Waals surface area contributed by atoms with Gasteiger partial charge in [0.05, 0.1) is 41.1 Å². The molecule has 170 valence electrons. The molecule has 3 aromatic rings. The molecule has 33 heavy (non-hydrogen) atoms. The number of thioether (sulfide) groups is 1. The van der Waals surface area contributed by atoms with E-state index in [0.717, 1.165) is 11.8 Å². The zero-order valence-electron chi connectivity index (χ0n) is 18.8. The van der Waals surface area contributed by atoms with Crippen molar-refractivity contribution in [2.24, 2.45) is 5.92 Å². The predicted molar refractivity (Wildman–Crippen MR) is 126 cm³/mol. The van der Waals surface area contributed by atoms with Crippen molar-refractivity contribution in [3.05, 3.63) is 64.4 Å². The molecule has 9 heteroatoms. The average Bonchev–Trinajstić information content (AvgIpc) is 2.82. The summed E-state index contributed by atoms with van der Waals surface area (Å²) in [5.41, 5.74) is -0.148. The Labute approximate surface area is 195 Å². The quantitative estimate of drug-likeness (QED) is 0.324. The molecule has 1 aromatic heterocycles. The molecular formula is C24H24N4O4S. The van der Waals surface area contributed by atoms with Crippen LogP contribution in [0, 0.1) is 17.2 Å². The van der Waals surface area contributed by atoms with Crippen LogP contribution in [0.3, 0.4) is 0 Å². The minimum absolute atomic E-state index is 0.0501. The van der Waals surface area contributed by atoms with Gasteiger partial charge in [0.1, 0.15) is 5.54 Å². The van der Waals surface area contributed by atoms with E-state index in [1.807, 2.05) is 19.9 Å². The van der Waals surface area contributed by atoms with Gasteiger partial charge in [0.2, 0.25) is 5.91 Å². The van der Waals surface area contributed by atoms with Crippen LogP contribution in [0.4, 0.5) is 0 Å². The minimum Gasteiger partial charge on any atom is -0.465 e. The van der Waals surface area contributed by atoms with E-state index in [1.165, 1.54) is 23.8 Å². The van der Waals surface area contributed by atoms with Crippen molar-refractivity contribution in [3.63, 3.8) is 0 Å². The summed E-state index contributed by atoms with van der Waals surface area (Å²) in [7, 11) is 1.28. The van der Waals surface area contributed by atoms with Gasteiger partial charge in [-0.25, -0.2) is 9.78 Å². The van der Waals surface area contributed by atoms with Crippen molar-refractivity contribution in [2.75, 3.05) is 12.9 Å². The number of nitrogens with one attached hydrogen (secondary N) is 1. The molecule has 8 nitrogen and oxygen atoms in total. The molecule has 1 N–H and O–H groups in total. The van der Waals surface area contributed by atoms with Gasteiger partial charge in [0.15, 0.2) is 5.16 Å². The average molecular weight is 465 g/mol. The van der Waals surface area contributed by atoms with E-state index < -0.39 is 11.5 Å². The first kappa shape index (κ1) is 24.0. The number of rotatable bonds is 7. The van der Waals surface area contributed by atoms with E-state index in [1.54, 1.807) is 37.3 Å². The third kappa shape index (κ3) is 5.07. The molecule has 1 atom stereocenters. The minimum atomic E-state index is -1.01. The number of hydrogen-bond acceptors (Lipinski definition) is 7. The number of nitrogens with zero attached hydrogens (tertiary/aromatic N) is 3. The molecule has 0 aliphatic carbocycles. The largest absolute Gasteiger partial charge is 0.465 e. The summed E-state index contributed by atoms with van der Waals surface area (Å²) in [4.78, 5) is 42.5. The number of aromatic nitrogens is 2. The number of para-hydroxylation sites is 1. The Morgan fingerprint density at radius 3 is 2.55 bits per heavy atom. The number of fused-ring (bicyclic) bond motifs is 1. The summed E-state index contributed by atoms with van der Waals surface area (Å²) >= 11 is 1.08. The van der Waals surface area contributed by atoms with E-state index >= 15 is 0 Å². The van der Waals surface area contributed by atoms with Crippen molar-refractivity contribution < 1.29 is 14.3 Å². The van der Waals surface area contributed by atoms with Gasteiger partial charge in [-0.05, 0) is 43.2 Å². The maximum absolute atomic E-state index is 13.4. The van der Waals surface area contributed by atoms with Gasteiger partial charge in [-0.15, -0.1) is 0 Å². The monoisotopic (exact) mass is 464 g/mol. The molecule has 0 fully saturated rings. The van der Waals surface area contributed by atoms with Crippen LogP contribution in [-0.4, -0.2) is 39.8 Å². The topological polar surface area (TPSA) is 114 Å². The maximum Gasteiger partial charge on any atom is 0.337 e. The summed E-state index contributed by atoms with van der Waals surface area (Å²) in [5, 5.41) is 12.8. The lowest BCUT2D eigenvalue weighted by Crippen LogP contribution is -2.49. The number of carbonyl (C=O) groups is 2. The maximum atomic E-state index is 13.4. The fourth-order valence-corrected chi connectivity index (χ4v) is 3.88. The fourth-order valence-electron chi connectivity index (χ4n) is 3.07. The zero-order valence-corrected chi connectivity index (χ0v) is 19.6. The van der Waals surface area contributed by atoms with Crippen LogP contribution >= 0.6 is 11.8 Å². The summed E-state index contributed by atoms with van der Waals surface area (Å²) in [5.74, 6) is -1.03. The van der Waals surface area contributed by atoms with Crippen LogP contribution < -0.4 is 10.9 Å². The predicted octanol–water partition coefficient (Wildman–Crippen LogP) is 3.32. The Hall–Kier alpha value is -3.64. The Morgan fingerprint density at radius 2 is 1.94 bits per heavy atom. The van der Waals surface area contributed by atoms with Crippen LogP contribution in [0.25, 0.3) is 16.6 Å². The number of methoxy groups -OCH3 is 1.